The predicted molar refractivity (Wildman–Crippen MR) is 148 cm³/mol. The molecule has 0 amide bonds. The predicted octanol–water partition coefficient (Wildman–Crippen LogP) is 3.45. The SMILES string of the molecule is CC1Cc2cccnc2C(N2CCCN(Cc3csc(N4CCC(O)CC4)n3)CC2)=C1OCCCC(=O)O. The first-order chi connectivity index (χ1) is 18.5. The molecule has 5 rings (SSSR count). The number of hydrogen-bond donors (Lipinski definition) is 2. The Morgan fingerprint density at radius 1 is 1.16 bits per heavy atom. The molecule has 38 heavy (non-hydrogen) atoms. The number of fused-ring (bicyclic) bond motifs is 1. The first-order valence-electron chi connectivity index (χ1n) is 13.9. The zero-order valence-electron chi connectivity index (χ0n) is 22.2. The molecule has 2 saturated heterocycles. The molecule has 1 atom stereocenters. The number of aliphatic hydroxyl groups is 1. The fourth-order valence-electron chi connectivity index (χ4n) is 5.66. The number of piperidine rings is 1. The van der Waals surface area contributed by atoms with Crippen LogP contribution in [-0.4, -0.2) is 87.9 Å². The van der Waals surface area contributed by atoms with Crippen LogP contribution < -0.4 is 4.90 Å². The third-order valence-corrected chi connectivity index (χ3v) is 8.63. The van der Waals surface area contributed by atoms with Crippen LogP contribution in [0.1, 0.15) is 56.0 Å². The van der Waals surface area contributed by atoms with Gasteiger partial charge in [-0.25, -0.2) is 4.98 Å². The minimum absolute atomic E-state index is 0.114. The van der Waals surface area contributed by atoms with Crippen LogP contribution in [0.15, 0.2) is 29.5 Å². The van der Waals surface area contributed by atoms with E-state index < -0.39 is 5.97 Å². The van der Waals surface area contributed by atoms with Gasteiger partial charge < -0.3 is 24.7 Å². The van der Waals surface area contributed by atoms with Crippen molar-refractivity contribution in [3.63, 3.8) is 0 Å². The van der Waals surface area contributed by atoms with Gasteiger partial charge in [0.1, 0.15) is 11.5 Å². The van der Waals surface area contributed by atoms with Gasteiger partial charge in [0.2, 0.25) is 0 Å². The van der Waals surface area contributed by atoms with Crippen molar-refractivity contribution < 1.29 is 19.7 Å². The number of nitrogens with zero attached hydrogens (tertiary/aromatic N) is 5. The van der Waals surface area contributed by atoms with Crippen molar-refractivity contribution >= 4 is 28.1 Å². The first-order valence-corrected chi connectivity index (χ1v) is 14.7. The monoisotopic (exact) mass is 541 g/mol. The highest BCUT2D eigenvalue weighted by atomic mass is 32.1. The molecular weight excluding hydrogens is 502 g/mol. The number of anilines is 1. The number of ether oxygens (including phenoxy) is 1. The summed E-state index contributed by atoms with van der Waals surface area (Å²) in [7, 11) is 0. The van der Waals surface area contributed by atoms with Crippen LogP contribution >= 0.6 is 11.3 Å². The number of allylic oxidation sites excluding steroid dienone is 1. The van der Waals surface area contributed by atoms with Crippen molar-refractivity contribution in [3.8, 4) is 0 Å². The van der Waals surface area contributed by atoms with Gasteiger partial charge in [-0.3, -0.25) is 14.7 Å². The van der Waals surface area contributed by atoms with Crippen LogP contribution in [0.2, 0.25) is 0 Å². The van der Waals surface area contributed by atoms with Crippen molar-refractivity contribution in [1.82, 2.24) is 19.8 Å². The van der Waals surface area contributed by atoms with E-state index in [9.17, 15) is 9.90 Å². The lowest BCUT2D eigenvalue weighted by molar-refractivity contribution is -0.137. The van der Waals surface area contributed by atoms with Gasteiger partial charge >= 0.3 is 5.97 Å². The number of hydrogen-bond acceptors (Lipinski definition) is 9. The van der Waals surface area contributed by atoms with Gasteiger partial charge in [-0.1, -0.05) is 13.0 Å². The molecule has 2 aromatic rings. The van der Waals surface area contributed by atoms with E-state index in [-0.39, 0.29) is 18.4 Å². The highest BCUT2D eigenvalue weighted by Gasteiger charge is 2.31. The Bertz CT molecular complexity index is 1130. The van der Waals surface area contributed by atoms with Crippen LogP contribution in [0, 0.1) is 5.92 Å². The second-order valence-electron chi connectivity index (χ2n) is 10.6. The summed E-state index contributed by atoms with van der Waals surface area (Å²) in [5.74, 6) is 0.377. The Morgan fingerprint density at radius 3 is 2.82 bits per heavy atom. The minimum atomic E-state index is -0.791. The summed E-state index contributed by atoms with van der Waals surface area (Å²) in [6.07, 6.45) is 5.83. The summed E-state index contributed by atoms with van der Waals surface area (Å²) in [6.45, 7) is 8.91. The maximum atomic E-state index is 11.0. The molecule has 3 aliphatic rings. The molecule has 0 bridgehead atoms. The Morgan fingerprint density at radius 2 is 2.00 bits per heavy atom. The van der Waals surface area contributed by atoms with Gasteiger partial charge in [0.15, 0.2) is 5.13 Å². The van der Waals surface area contributed by atoms with Crippen LogP contribution in [-0.2, 0) is 22.5 Å². The fourth-order valence-corrected chi connectivity index (χ4v) is 6.53. The number of aliphatic carboxylic acids is 1. The molecule has 2 N–H and O–H groups in total. The zero-order valence-corrected chi connectivity index (χ0v) is 23.0. The van der Waals surface area contributed by atoms with Crippen molar-refractivity contribution in [2.24, 2.45) is 5.92 Å². The maximum absolute atomic E-state index is 11.0. The van der Waals surface area contributed by atoms with Crippen molar-refractivity contribution in [3.05, 3.63) is 46.4 Å². The molecule has 10 heteroatoms. The molecule has 0 radical (unpaired) electrons. The van der Waals surface area contributed by atoms with E-state index in [0.717, 1.165) is 99.5 Å². The van der Waals surface area contributed by atoms with Crippen molar-refractivity contribution in [2.75, 3.05) is 50.8 Å². The van der Waals surface area contributed by atoms with Gasteiger partial charge in [0.05, 0.1) is 24.1 Å². The molecule has 1 unspecified atom stereocenters. The molecule has 4 heterocycles. The molecule has 0 aromatic carbocycles. The standard InChI is InChI=1S/C28H39N5O4S/c1-20-17-21-5-2-9-29-25(21)26(27(20)37-16-3-6-24(35)36)32-11-4-10-31(14-15-32)18-22-19-38-28(30-22)33-12-7-23(34)8-13-33/h2,5,9,19-20,23,34H,3-4,6-8,10-18H2,1H3,(H,35,36). The number of aliphatic hydroxyl groups excluding tert-OH is 1. The van der Waals surface area contributed by atoms with Crippen molar-refractivity contribution in [2.45, 2.75) is 58.1 Å². The summed E-state index contributed by atoms with van der Waals surface area (Å²) < 4.78 is 6.29. The lowest BCUT2D eigenvalue weighted by Gasteiger charge is -2.34. The second kappa shape index (κ2) is 12.4. The molecule has 2 fully saturated rings. The van der Waals surface area contributed by atoms with Crippen LogP contribution in [0.25, 0.3) is 5.70 Å². The van der Waals surface area contributed by atoms with Gasteiger partial charge in [0, 0.05) is 69.7 Å². The number of carboxylic acids is 1. The molecule has 9 nitrogen and oxygen atoms in total. The number of pyridine rings is 1. The number of aromatic nitrogens is 2. The largest absolute Gasteiger partial charge is 0.495 e. The quantitative estimate of drug-likeness (QED) is 0.462. The third-order valence-electron chi connectivity index (χ3n) is 7.68. The minimum Gasteiger partial charge on any atom is -0.495 e. The molecule has 2 aromatic heterocycles. The maximum Gasteiger partial charge on any atom is 0.303 e. The lowest BCUT2D eigenvalue weighted by atomic mass is 9.89. The summed E-state index contributed by atoms with van der Waals surface area (Å²) >= 11 is 1.71. The Hall–Kier alpha value is -2.69. The smallest absolute Gasteiger partial charge is 0.303 e. The summed E-state index contributed by atoms with van der Waals surface area (Å²) in [5.41, 5.74) is 4.45. The van der Waals surface area contributed by atoms with E-state index in [0.29, 0.717) is 13.0 Å². The number of rotatable bonds is 9. The zero-order chi connectivity index (χ0) is 26.5. The molecule has 206 valence electrons. The van der Waals surface area contributed by atoms with E-state index in [2.05, 4.69) is 33.1 Å². The van der Waals surface area contributed by atoms with E-state index in [4.69, 9.17) is 19.8 Å². The van der Waals surface area contributed by atoms with E-state index in [1.54, 1.807) is 11.3 Å². The molecule has 2 aliphatic heterocycles. The highest BCUT2D eigenvalue weighted by molar-refractivity contribution is 7.13. The molecule has 0 spiro atoms. The molecular formula is C28H39N5O4S. The van der Waals surface area contributed by atoms with Gasteiger partial charge in [-0.05, 0) is 43.7 Å². The topological polar surface area (TPSA) is 102 Å². The van der Waals surface area contributed by atoms with Gasteiger partial charge in [-0.15, -0.1) is 11.3 Å². The summed E-state index contributed by atoms with van der Waals surface area (Å²) in [6, 6.07) is 4.16. The Kier molecular flexibility index (Phi) is 8.81. The van der Waals surface area contributed by atoms with Crippen molar-refractivity contribution in [1.29, 1.82) is 0 Å². The van der Waals surface area contributed by atoms with E-state index in [1.165, 1.54) is 5.56 Å². The number of carbonyl (C=O) groups is 1. The average Bonchev–Trinajstić information content (AvgIpc) is 3.25. The van der Waals surface area contributed by atoms with Gasteiger partial charge in [-0.2, -0.15) is 0 Å². The average molecular weight is 542 g/mol. The van der Waals surface area contributed by atoms with Crippen LogP contribution in [0.3, 0.4) is 0 Å². The summed E-state index contributed by atoms with van der Waals surface area (Å²) in [5, 5.41) is 22.1. The van der Waals surface area contributed by atoms with Gasteiger partial charge in [0.25, 0.3) is 0 Å². The number of thiazole rings is 1. The Balaban J connectivity index is 1.26. The van der Waals surface area contributed by atoms with E-state index in [1.807, 2.05) is 12.3 Å². The number of carboxylic acid groups (broad SMARTS) is 1. The fraction of sp³-hybridized carbons (Fsp3) is 0.607. The second-order valence-corrected chi connectivity index (χ2v) is 11.5. The normalized spacial score (nSPS) is 21.4. The molecule has 1 aliphatic carbocycles. The summed E-state index contributed by atoms with van der Waals surface area (Å²) in [4.78, 5) is 27.9. The molecule has 0 saturated carbocycles. The lowest BCUT2D eigenvalue weighted by Crippen LogP contribution is -2.35. The highest BCUT2D eigenvalue weighted by Crippen LogP contribution is 2.37. The third kappa shape index (κ3) is 6.47. The Labute approximate surface area is 228 Å². The van der Waals surface area contributed by atoms with E-state index >= 15 is 0 Å². The van der Waals surface area contributed by atoms with Crippen LogP contribution in [0.4, 0.5) is 5.13 Å². The van der Waals surface area contributed by atoms with Crippen LogP contribution in [0.5, 0.6) is 0 Å². The first kappa shape index (κ1) is 26.9.